The zero-order valence-corrected chi connectivity index (χ0v) is 23.5. The fourth-order valence-electron chi connectivity index (χ4n) is 10.3. The van der Waals surface area contributed by atoms with Crippen molar-refractivity contribution in [3.05, 3.63) is 4.91 Å². The van der Waals surface area contributed by atoms with Gasteiger partial charge in [-0.1, -0.05) is 25.9 Å². The Morgan fingerprint density at radius 2 is 1.70 bits per heavy atom. The molecule has 0 amide bonds. The van der Waals surface area contributed by atoms with Crippen molar-refractivity contribution >= 4 is 0 Å². The van der Waals surface area contributed by atoms with Crippen LogP contribution in [0.4, 0.5) is 0 Å². The molecular formula is C30H51NO6. The van der Waals surface area contributed by atoms with Crippen molar-refractivity contribution in [3.63, 3.8) is 0 Å². The van der Waals surface area contributed by atoms with E-state index in [1.54, 1.807) is 0 Å². The highest BCUT2D eigenvalue weighted by Gasteiger charge is 2.63. The Kier molecular flexibility index (Phi) is 7.87. The van der Waals surface area contributed by atoms with Gasteiger partial charge in [0.15, 0.2) is 12.6 Å². The van der Waals surface area contributed by atoms with Crippen LogP contribution in [0, 0.1) is 51.2 Å². The molecule has 0 aromatic rings. The topological polar surface area (TPSA) is 109 Å². The van der Waals surface area contributed by atoms with Crippen LogP contribution in [-0.4, -0.2) is 52.3 Å². The van der Waals surface area contributed by atoms with Crippen LogP contribution in [0.5, 0.6) is 0 Å². The number of hydrogen-bond acceptors (Lipinski definition) is 7. The lowest BCUT2D eigenvalue weighted by Gasteiger charge is -2.62. The van der Waals surface area contributed by atoms with Crippen molar-refractivity contribution in [1.29, 1.82) is 0 Å². The Morgan fingerprint density at radius 1 is 0.973 bits per heavy atom. The van der Waals surface area contributed by atoms with Crippen molar-refractivity contribution in [2.45, 2.75) is 135 Å². The van der Waals surface area contributed by atoms with Gasteiger partial charge in [0.05, 0.1) is 24.4 Å². The van der Waals surface area contributed by atoms with Crippen LogP contribution < -0.4 is 0 Å². The molecule has 7 nitrogen and oxygen atoms in total. The van der Waals surface area contributed by atoms with Gasteiger partial charge in [-0.15, -0.1) is 0 Å². The molecule has 0 bridgehead atoms. The van der Waals surface area contributed by atoms with Gasteiger partial charge in [0.2, 0.25) is 0 Å². The van der Waals surface area contributed by atoms with Crippen LogP contribution in [0.25, 0.3) is 0 Å². The van der Waals surface area contributed by atoms with Gasteiger partial charge < -0.3 is 24.8 Å². The van der Waals surface area contributed by atoms with E-state index in [0.717, 1.165) is 32.1 Å². The maximum Gasteiger partial charge on any atom is 0.157 e. The third-order valence-corrected chi connectivity index (χ3v) is 12.4. The molecule has 0 aromatic heterocycles. The third-order valence-electron chi connectivity index (χ3n) is 12.4. The van der Waals surface area contributed by atoms with Crippen LogP contribution >= 0.6 is 0 Å². The van der Waals surface area contributed by atoms with E-state index in [4.69, 9.17) is 9.47 Å². The number of aliphatic hydroxyl groups excluding tert-OH is 3. The first-order valence-corrected chi connectivity index (χ1v) is 15.1. The summed E-state index contributed by atoms with van der Waals surface area (Å²) < 4.78 is 11.2. The first-order valence-electron chi connectivity index (χ1n) is 15.1. The summed E-state index contributed by atoms with van der Waals surface area (Å²) in [6.07, 6.45) is 9.09. The van der Waals surface area contributed by atoms with E-state index < -0.39 is 18.2 Å². The molecule has 3 N–H and O–H groups in total. The Balaban J connectivity index is 1.24. The summed E-state index contributed by atoms with van der Waals surface area (Å²) in [5.74, 6) is 2.92. The van der Waals surface area contributed by atoms with Gasteiger partial charge in [-0.25, -0.2) is 0 Å². The quantitative estimate of drug-likeness (QED) is 0.306. The maximum absolute atomic E-state index is 12.2. The van der Waals surface area contributed by atoms with Crippen molar-refractivity contribution in [3.8, 4) is 0 Å². The predicted octanol–water partition coefficient (Wildman–Crippen LogP) is 5.39. The lowest BCUT2D eigenvalue weighted by molar-refractivity contribution is -0.245. The van der Waals surface area contributed by atoms with Crippen molar-refractivity contribution in [2.24, 2.45) is 51.5 Å². The van der Waals surface area contributed by atoms with Gasteiger partial charge in [0.25, 0.3) is 0 Å². The normalized spacial score (nSPS) is 51.4. The summed E-state index contributed by atoms with van der Waals surface area (Å²) in [7, 11) is 0. The summed E-state index contributed by atoms with van der Waals surface area (Å²) >= 11 is 0. The summed E-state index contributed by atoms with van der Waals surface area (Å²) in [6.45, 7) is 9.68. The Morgan fingerprint density at radius 3 is 2.43 bits per heavy atom. The van der Waals surface area contributed by atoms with E-state index in [-0.39, 0.29) is 23.0 Å². The van der Waals surface area contributed by atoms with Gasteiger partial charge in [-0.3, -0.25) is 0 Å². The molecule has 37 heavy (non-hydrogen) atoms. The Labute approximate surface area is 223 Å². The molecular weight excluding hydrogens is 470 g/mol. The van der Waals surface area contributed by atoms with Crippen LogP contribution in [-0.2, 0) is 9.47 Å². The summed E-state index contributed by atoms with van der Waals surface area (Å²) in [4.78, 5) is 12.2. The predicted molar refractivity (Wildman–Crippen MR) is 141 cm³/mol. The number of nitrogens with zero attached hydrogens (tertiary/aromatic N) is 1. The molecule has 5 rings (SSSR count). The number of rotatable bonds is 7. The number of fused-ring (bicyclic) bond motifs is 5. The largest absolute Gasteiger partial charge is 0.393 e. The fraction of sp³-hybridized carbons (Fsp3) is 1.00. The molecule has 13 atom stereocenters. The van der Waals surface area contributed by atoms with Crippen LogP contribution in [0.15, 0.2) is 5.18 Å². The van der Waals surface area contributed by atoms with Crippen LogP contribution in [0.1, 0.15) is 105 Å². The molecule has 12 unspecified atom stereocenters. The summed E-state index contributed by atoms with van der Waals surface area (Å²) in [5, 5.41) is 34.7. The lowest BCUT2D eigenvalue weighted by Crippen LogP contribution is -2.58. The lowest BCUT2D eigenvalue weighted by atomic mass is 9.43. The SMILES string of the molecule is CC(CC[C@@H](O)OC1(C)CCOC(O)C1)C1CCC2C3C(N=O)CC4CC(O)CCC4(C)C3CCC12C. The molecule has 0 aromatic carbocycles. The smallest absolute Gasteiger partial charge is 0.157 e. The van der Waals surface area contributed by atoms with Gasteiger partial charge in [0.1, 0.15) is 0 Å². The third kappa shape index (κ3) is 5.05. The summed E-state index contributed by atoms with van der Waals surface area (Å²) in [6, 6.07) is -0.113. The van der Waals surface area contributed by atoms with Crippen molar-refractivity contribution < 1.29 is 24.8 Å². The molecule has 0 radical (unpaired) electrons. The van der Waals surface area contributed by atoms with Crippen LogP contribution in [0.2, 0.25) is 0 Å². The Hall–Kier alpha value is -0.600. The van der Waals surface area contributed by atoms with Gasteiger partial charge >= 0.3 is 0 Å². The number of ether oxygens (including phenoxy) is 2. The molecule has 5 fully saturated rings. The van der Waals surface area contributed by atoms with Gasteiger partial charge in [-0.05, 0) is 124 Å². The monoisotopic (exact) mass is 521 g/mol. The van der Waals surface area contributed by atoms with E-state index in [1.165, 1.54) is 25.7 Å². The van der Waals surface area contributed by atoms with E-state index in [1.807, 2.05) is 6.92 Å². The van der Waals surface area contributed by atoms with E-state index in [0.29, 0.717) is 61.4 Å². The average Bonchev–Trinajstić information content (AvgIpc) is 3.19. The minimum Gasteiger partial charge on any atom is -0.393 e. The van der Waals surface area contributed by atoms with E-state index >= 15 is 0 Å². The second kappa shape index (κ2) is 10.4. The highest BCUT2D eigenvalue weighted by molar-refractivity contribution is 5.13. The zero-order chi connectivity index (χ0) is 26.6. The maximum atomic E-state index is 12.2. The molecule has 4 aliphatic carbocycles. The number of nitroso groups, excluding NO2 is 1. The van der Waals surface area contributed by atoms with E-state index in [2.05, 4.69) is 25.9 Å². The number of aliphatic hydroxyl groups is 3. The van der Waals surface area contributed by atoms with Crippen LogP contribution in [0.3, 0.4) is 0 Å². The Bertz CT molecular complexity index is 826. The first-order chi connectivity index (χ1) is 17.5. The average molecular weight is 522 g/mol. The molecule has 212 valence electrons. The second-order valence-electron chi connectivity index (χ2n) is 14.4. The highest BCUT2D eigenvalue weighted by atomic mass is 16.6. The molecule has 7 heteroatoms. The van der Waals surface area contributed by atoms with Crippen molar-refractivity contribution in [1.82, 2.24) is 0 Å². The van der Waals surface area contributed by atoms with Gasteiger partial charge in [0, 0.05) is 6.42 Å². The van der Waals surface area contributed by atoms with E-state index in [9.17, 15) is 20.2 Å². The second-order valence-corrected chi connectivity index (χ2v) is 14.4. The van der Waals surface area contributed by atoms with Gasteiger partial charge in [-0.2, -0.15) is 4.91 Å². The zero-order valence-electron chi connectivity index (χ0n) is 23.5. The minimum absolute atomic E-state index is 0.113. The standard InChI is InChI=1S/C30H51NO6/c1-18(5-8-25(33)37-28(2)13-14-36-26(34)17-28)21-6-7-22-27-23(10-12-30(21,22)4)29(3)11-9-20(32)15-19(29)16-24(27)31-35/h18-27,32-34H,5-17H2,1-4H3/t18?,19?,20?,21?,22?,23?,24?,25-,26?,27?,28?,29?,30?/m0/s1. The minimum atomic E-state index is -0.834. The number of hydrogen-bond donors (Lipinski definition) is 3. The molecule has 5 aliphatic rings. The molecule has 4 saturated carbocycles. The first kappa shape index (κ1) is 27.9. The molecule has 1 heterocycles. The molecule has 0 spiro atoms. The molecule has 1 saturated heterocycles. The summed E-state index contributed by atoms with van der Waals surface area (Å²) in [5.41, 5.74) is -0.112. The highest BCUT2D eigenvalue weighted by Crippen LogP contribution is 2.68. The molecule has 1 aliphatic heterocycles. The fourth-order valence-corrected chi connectivity index (χ4v) is 10.3. The van der Waals surface area contributed by atoms with Crippen molar-refractivity contribution in [2.75, 3.05) is 6.61 Å².